The molecule has 0 radical (unpaired) electrons. The van der Waals surface area contributed by atoms with Gasteiger partial charge in [0.1, 0.15) is 5.75 Å². The molecule has 3 nitrogen and oxygen atoms in total. The number of aryl methyl sites for hydroxylation is 1. The Hall–Kier alpha value is -1.77. The Morgan fingerprint density at radius 3 is 2.74 bits per heavy atom. The predicted octanol–water partition coefficient (Wildman–Crippen LogP) is 4.15. The first-order chi connectivity index (χ1) is 9.10. The van der Waals surface area contributed by atoms with Crippen LogP contribution >= 0.6 is 0 Å². The number of ether oxygens (including phenoxy) is 1. The van der Waals surface area contributed by atoms with E-state index in [1.54, 1.807) is 0 Å². The van der Waals surface area contributed by atoms with Crippen molar-refractivity contribution >= 4 is 16.6 Å². The van der Waals surface area contributed by atoms with Gasteiger partial charge in [-0.1, -0.05) is 6.92 Å². The third-order valence-corrected chi connectivity index (χ3v) is 2.85. The van der Waals surface area contributed by atoms with Crippen molar-refractivity contribution in [2.75, 3.05) is 11.9 Å². The highest BCUT2D eigenvalue weighted by atomic mass is 16.5. The highest BCUT2D eigenvalue weighted by Crippen LogP contribution is 2.27. The molecule has 2 aromatic rings. The van der Waals surface area contributed by atoms with E-state index in [1.165, 1.54) is 0 Å². The second kappa shape index (κ2) is 5.91. The second-order valence-corrected chi connectivity index (χ2v) is 5.08. The minimum Gasteiger partial charge on any atom is -0.491 e. The van der Waals surface area contributed by atoms with Crippen molar-refractivity contribution in [3.05, 3.63) is 30.0 Å². The van der Waals surface area contributed by atoms with Gasteiger partial charge in [-0.3, -0.25) is 4.98 Å². The normalized spacial score (nSPS) is 11.0. The van der Waals surface area contributed by atoms with Gasteiger partial charge in [-0.15, -0.1) is 0 Å². The summed E-state index contributed by atoms with van der Waals surface area (Å²) < 4.78 is 5.76. The molecule has 1 aromatic heterocycles. The smallest absolute Gasteiger partial charge is 0.120 e. The summed E-state index contributed by atoms with van der Waals surface area (Å²) in [5.74, 6) is 0.896. The van der Waals surface area contributed by atoms with Gasteiger partial charge < -0.3 is 10.1 Å². The molecule has 0 aliphatic rings. The van der Waals surface area contributed by atoms with Gasteiger partial charge in [0.2, 0.25) is 0 Å². The first-order valence-electron chi connectivity index (χ1n) is 6.92. The molecule has 0 aliphatic heterocycles. The molecule has 0 spiro atoms. The zero-order chi connectivity index (χ0) is 13.8. The molecule has 102 valence electrons. The number of benzene rings is 1. The SMILES string of the molecule is CCCNc1cc(C)nc2ccc(OC(C)C)cc12. The maximum Gasteiger partial charge on any atom is 0.120 e. The quantitative estimate of drug-likeness (QED) is 0.874. The minimum atomic E-state index is 0.183. The van der Waals surface area contributed by atoms with Gasteiger partial charge in [-0.05, 0) is 51.5 Å². The van der Waals surface area contributed by atoms with Crippen molar-refractivity contribution in [3.8, 4) is 5.75 Å². The molecule has 3 heteroatoms. The maximum absolute atomic E-state index is 5.76. The Labute approximate surface area is 115 Å². The lowest BCUT2D eigenvalue weighted by atomic mass is 10.1. The number of anilines is 1. The molecule has 0 saturated carbocycles. The number of rotatable bonds is 5. The van der Waals surface area contributed by atoms with E-state index in [0.29, 0.717) is 0 Å². The Bertz CT molecular complexity index is 564. The molecule has 2 rings (SSSR count). The first-order valence-corrected chi connectivity index (χ1v) is 6.92. The Balaban J connectivity index is 2.45. The fraction of sp³-hybridized carbons (Fsp3) is 0.438. The minimum absolute atomic E-state index is 0.183. The fourth-order valence-corrected chi connectivity index (χ4v) is 2.09. The van der Waals surface area contributed by atoms with Crippen molar-refractivity contribution in [2.24, 2.45) is 0 Å². The maximum atomic E-state index is 5.76. The summed E-state index contributed by atoms with van der Waals surface area (Å²) in [7, 11) is 0. The van der Waals surface area contributed by atoms with E-state index in [4.69, 9.17) is 4.74 Å². The van der Waals surface area contributed by atoms with Crippen LogP contribution in [0.1, 0.15) is 32.9 Å². The highest BCUT2D eigenvalue weighted by Gasteiger charge is 2.06. The second-order valence-electron chi connectivity index (χ2n) is 5.08. The largest absolute Gasteiger partial charge is 0.491 e. The van der Waals surface area contributed by atoms with Gasteiger partial charge >= 0.3 is 0 Å². The van der Waals surface area contributed by atoms with Crippen LogP contribution in [0, 0.1) is 6.92 Å². The molecule has 0 bridgehead atoms. The summed E-state index contributed by atoms with van der Waals surface area (Å²) in [4.78, 5) is 4.57. The van der Waals surface area contributed by atoms with Crippen LogP contribution in [-0.4, -0.2) is 17.6 Å². The van der Waals surface area contributed by atoms with Gasteiger partial charge in [0.05, 0.1) is 11.6 Å². The van der Waals surface area contributed by atoms with E-state index in [-0.39, 0.29) is 6.10 Å². The van der Waals surface area contributed by atoms with Gasteiger partial charge in [0.25, 0.3) is 0 Å². The number of fused-ring (bicyclic) bond motifs is 1. The van der Waals surface area contributed by atoms with Crippen molar-refractivity contribution in [3.63, 3.8) is 0 Å². The van der Waals surface area contributed by atoms with Gasteiger partial charge in [0.15, 0.2) is 0 Å². The number of hydrogen-bond acceptors (Lipinski definition) is 3. The van der Waals surface area contributed by atoms with E-state index in [9.17, 15) is 0 Å². The summed E-state index contributed by atoms with van der Waals surface area (Å²) in [6.45, 7) is 9.22. The fourth-order valence-electron chi connectivity index (χ4n) is 2.09. The van der Waals surface area contributed by atoms with E-state index in [1.807, 2.05) is 32.9 Å². The Morgan fingerprint density at radius 1 is 1.26 bits per heavy atom. The van der Waals surface area contributed by atoms with E-state index in [2.05, 4.69) is 29.4 Å². The van der Waals surface area contributed by atoms with Gasteiger partial charge in [-0.25, -0.2) is 0 Å². The van der Waals surface area contributed by atoms with Crippen LogP contribution in [0.4, 0.5) is 5.69 Å². The molecule has 1 N–H and O–H groups in total. The van der Waals surface area contributed by atoms with Crippen molar-refractivity contribution in [1.29, 1.82) is 0 Å². The monoisotopic (exact) mass is 258 g/mol. The topological polar surface area (TPSA) is 34.2 Å². The number of nitrogens with one attached hydrogen (secondary N) is 1. The Morgan fingerprint density at radius 2 is 2.05 bits per heavy atom. The summed E-state index contributed by atoms with van der Waals surface area (Å²) in [6.07, 6.45) is 1.29. The summed E-state index contributed by atoms with van der Waals surface area (Å²) in [5, 5.41) is 4.59. The highest BCUT2D eigenvalue weighted by molar-refractivity contribution is 5.92. The van der Waals surface area contributed by atoms with Crippen molar-refractivity contribution in [2.45, 2.75) is 40.2 Å². The third kappa shape index (κ3) is 3.37. The lowest BCUT2D eigenvalue weighted by Gasteiger charge is -2.13. The molecular formula is C16H22N2O. The standard InChI is InChI=1S/C16H22N2O/c1-5-8-17-16-9-12(4)18-15-7-6-13(10-14(15)16)19-11(2)3/h6-7,9-11H,5,8H2,1-4H3,(H,17,18). The number of hydrogen-bond donors (Lipinski definition) is 1. The molecule has 0 amide bonds. The predicted molar refractivity (Wildman–Crippen MR) is 81.0 cm³/mol. The zero-order valence-electron chi connectivity index (χ0n) is 12.2. The molecule has 1 aromatic carbocycles. The zero-order valence-corrected chi connectivity index (χ0v) is 12.2. The number of pyridine rings is 1. The van der Waals surface area contributed by atoms with Crippen LogP contribution in [0.25, 0.3) is 10.9 Å². The Kier molecular flexibility index (Phi) is 4.25. The van der Waals surface area contributed by atoms with Crippen molar-refractivity contribution in [1.82, 2.24) is 4.98 Å². The van der Waals surface area contributed by atoms with Crippen molar-refractivity contribution < 1.29 is 4.74 Å². The van der Waals surface area contributed by atoms with Crippen LogP contribution in [0.15, 0.2) is 24.3 Å². The van der Waals surface area contributed by atoms with E-state index < -0.39 is 0 Å². The molecule has 0 unspecified atom stereocenters. The number of aromatic nitrogens is 1. The first kappa shape index (κ1) is 13.7. The van der Waals surface area contributed by atoms with Crippen LogP contribution in [0.2, 0.25) is 0 Å². The van der Waals surface area contributed by atoms with Crippen LogP contribution in [0.3, 0.4) is 0 Å². The molecule has 0 saturated heterocycles. The summed E-state index contributed by atoms with van der Waals surface area (Å²) in [6, 6.07) is 8.17. The van der Waals surface area contributed by atoms with Crippen LogP contribution < -0.4 is 10.1 Å². The van der Waals surface area contributed by atoms with E-state index in [0.717, 1.165) is 41.0 Å². The summed E-state index contributed by atoms with van der Waals surface area (Å²) in [5.41, 5.74) is 3.18. The molecule has 19 heavy (non-hydrogen) atoms. The van der Waals surface area contributed by atoms with E-state index >= 15 is 0 Å². The lowest BCUT2D eigenvalue weighted by molar-refractivity contribution is 0.243. The van der Waals surface area contributed by atoms with Gasteiger partial charge in [-0.2, -0.15) is 0 Å². The molecular weight excluding hydrogens is 236 g/mol. The molecule has 0 aliphatic carbocycles. The van der Waals surface area contributed by atoms with Gasteiger partial charge in [0, 0.05) is 23.3 Å². The summed E-state index contributed by atoms with van der Waals surface area (Å²) >= 11 is 0. The molecule has 1 heterocycles. The van der Waals surface area contributed by atoms with Crippen LogP contribution in [-0.2, 0) is 0 Å². The third-order valence-electron chi connectivity index (χ3n) is 2.85. The number of nitrogens with zero attached hydrogens (tertiary/aromatic N) is 1. The average molecular weight is 258 g/mol. The molecule has 0 fully saturated rings. The molecule has 0 atom stereocenters. The lowest BCUT2D eigenvalue weighted by Crippen LogP contribution is -2.06. The average Bonchev–Trinajstić information content (AvgIpc) is 2.35. The van der Waals surface area contributed by atoms with Crippen LogP contribution in [0.5, 0.6) is 5.75 Å².